The van der Waals surface area contributed by atoms with Crippen molar-refractivity contribution < 1.29 is 4.79 Å². The molecular formula is C10H12N2O. The third-order valence-electron chi connectivity index (χ3n) is 2.80. The Balaban J connectivity index is 2.41. The summed E-state index contributed by atoms with van der Waals surface area (Å²) in [6.45, 7) is 2.71. The second-order valence-corrected chi connectivity index (χ2v) is 3.74. The van der Waals surface area contributed by atoms with Crippen LogP contribution in [0.4, 0.5) is 0 Å². The molecule has 3 nitrogen and oxygen atoms in total. The zero-order valence-corrected chi connectivity index (χ0v) is 7.71. The van der Waals surface area contributed by atoms with Crippen LogP contribution in [0.25, 0.3) is 0 Å². The number of nitrogens with zero attached hydrogens (tertiary/aromatic N) is 2. The third-order valence-corrected chi connectivity index (χ3v) is 2.80. The van der Waals surface area contributed by atoms with E-state index in [1.165, 1.54) is 0 Å². The molecule has 2 aliphatic rings. The highest BCUT2D eigenvalue weighted by atomic mass is 16.2. The van der Waals surface area contributed by atoms with Gasteiger partial charge in [0, 0.05) is 23.7 Å². The number of carbonyl (C=O) groups is 1. The number of amides is 1. The maximum Gasteiger partial charge on any atom is 0.229 e. The number of hydrogen-bond donors (Lipinski definition) is 0. The van der Waals surface area contributed by atoms with Crippen LogP contribution in [0.5, 0.6) is 0 Å². The monoisotopic (exact) mass is 176 g/mol. The normalized spacial score (nSPS) is 27.5. The van der Waals surface area contributed by atoms with Crippen LogP contribution in [0.2, 0.25) is 0 Å². The summed E-state index contributed by atoms with van der Waals surface area (Å²) in [5.74, 6) is 0.197. The number of fused-ring (bicyclic) bond motifs is 1. The lowest BCUT2D eigenvalue weighted by molar-refractivity contribution is -0.133. The van der Waals surface area contributed by atoms with Crippen molar-refractivity contribution in [3.05, 3.63) is 11.3 Å². The van der Waals surface area contributed by atoms with Gasteiger partial charge in [0.2, 0.25) is 5.91 Å². The molecule has 2 rings (SSSR count). The molecule has 0 bridgehead atoms. The Kier molecular flexibility index (Phi) is 1.84. The molecule has 2 aliphatic heterocycles. The summed E-state index contributed by atoms with van der Waals surface area (Å²) >= 11 is 0. The molecule has 1 atom stereocenters. The molecular weight excluding hydrogens is 164 g/mol. The van der Waals surface area contributed by atoms with Gasteiger partial charge in [-0.3, -0.25) is 4.79 Å². The molecule has 0 saturated carbocycles. The van der Waals surface area contributed by atoms with E-state index in [1.807, 2.05) is 6.92 Å². The van der Waals surface area contributed by atoms with Gasteiger partial charge in [-0.25, -0.2) is 0 Å². The van der Waals surface area contributed by atoms with E-state index in [1.54, 1.807) is 4.90 Å². The van der Waals surface area contributed by atoms with Crippen molar-refractivity contribution in [2.45, 2.75) is 26.2 Å². The Hall–Kier alpha value is -1.30. The molecule has 3 heteroatoms. The predicted octanol–water partition coefficient (Wildman–Crippen LogP) is 1.43. The van der Waals surface area contributed by atoms with E-state index in [0.29, 0.717) is 6.42 Å². The summed E-state index contributed by atoms with van der Waals surface area (Å²) in [6, 6.07) is 2.21. The minimum absolute atomic E-state index is 0.00324. The van der Waals surface area contributed by atoms with Crippen LogP contribution >= 0.6 is 0 Å². The summed E-state index contributed by atoms with van der Waals surface area (Å²) in [7, 11) is 0. The molecule has 0 spiro atoms. The molecule has 2 heterocycles. The van der Waals surface area contributed by atoms with E-state index in [4.69, 9.17) is 5.26 Å². The predicted molar refractivity (Wildman–Crippen MR) is 47.4 cm³/mol. The van der Waals surface area contributed by atoms with Gasteiger partial charge in [-0.05, 0) is 19.3 Å². The molecule has 1 unspecified atom stereocenters. The molecule has 1 fully saturated rings. The standard InChI is InChI=1S/C10H12N2O/c1-7-5-8(6-11)9-3-2-4-12(9)10(7)13/h7H,2-5H2,1H3. The fourth-order valence-corrected chi connectivity index (χ4v) is 2.12. The van der Waals surface area contributed by atoms with Crippen molar-refractivity contribution >= 4 is 5.91 Å². The van der Waals surface area contributed by atoms with Crippen molar-refractivity contribution in [3.8, 4) is 6.07 Å². The fourth-order valence-electron chi connectivity index (χ4n) is 2.12. The molecule has 1 amide bonds. The quantitative estimate of drug-likeness (QED) is 0.560. The van der Waals surface area contributed by atoms with Crippen molar-refractivity contribution in [2.24, 2.45) is 5.92 Å². The molecule has 0 aromatic rings. The Bertz CT molecular complexity index is 324. The van der Waals surface area contributed by atoms with Gasteiger partial charge in [-0.2, -0.15) is 5.26 Å². The van der Waals surface area contributed by atoms with Gasteiger partial charge in [-0.15, -0.1) is 0 Å². The van der Waals surface area contributed by atoms with Gasteiger partial charge in [0.15, 0.2) is 0 Å². The Morgan fingerprint density at radius 1 is 1.62 bits per heavy atom. The summed E-state index contributed by atoms with van der Waals surface area (Å²) < 4.78 is 0. The molecule has 0 radical (unpaired) electrons. The average molecular weight is 176 g/mol. The molecule has 0 aromatic heterocycles. The summed E-state index contributed by atoms with van der Waals surface area (Å²) in [5.41, 5.74) is 1.82. The Morgan fingerprint density at radius 2 is 2.38 bits per heavy atom. The van der Waals surface area contributed by atoms with E-state index >= 15 is 0 Å². The smallest absolute Gasteiger partial charge is 0.229 e. The average Bonchev–Trinajstić information content (AvgIpc) is 2.60. The van der Waals surface area contributed by atoms with E-state index in [-0.39, 0.29) is 11.8 Å². The van der Waals surface area contributed by atoms with Crippen LogP contribution in [-0.2, 0) is 4.79 Å². The van der Waals surface area contributed by atoms with Crippen LogP contribution in [0.1, 0.15) is 26.2 Å². The first kappa shape index (κ1) is 8.31. The maximum absolute atomic E-state index is 11.7. The highest BCUT2D eigenvalue weighted by Gasteiger charge is 2.34. The number of rotatable bonds is 0. The minimum atomic E-state index is -0.00324. The van der Waals surface area contributed by atoms with Crippen molar-refractivity contribution in [2.75, 3.05) is 6.54 Å². The SMILES string of the molecule is CC1CC(C#N)=C2CCCN2C1=O. The first-order valence-corrected chi connectivity index (χ1v) is 4.67. The number of allylic oxidation sites excluding steroid dienone is 2. The number of carbonyl (C=O) groups excluding carboxylic acids is 1. The van der Waals surface area contributed by atoms with Gasteiger partial charge in [0.25, 0.3) is 0 Å². The van der Waals surface area contributed by atoms with Crippen LogP contribution in [-0.4, -0.2) is 17.4 Å². The summed E-state index contributed by atoms with van der Waals surface area (Å²) in [6.07, 6.45) is 2.56. The van der Waals surface area contributed by atoms with Gasteiger partial charge in [-0.1, -0.05) is 6.92 Å². The Morgan fingerprint density at radius 3 is 3.08 bits per heavy atom. The fraction of sp³-hybridized carbons (Fsp3) is 0.600. The second-order valence-electron chi connectivity index (χ2n) is 3.74. The lowest BCUT2D eigenvalue weighted by Gasteiger charge is -2.28. The van der Waals surface area contributed by atoms with Gasteiger partial charge in [0.1, 0.15) is 0 Å². The van der Waals surface area contributed by atoms with Gasteiger partial charge < -0.3 is 4.90 Å². The first-order chi connectivity index (χ1) is 6.24. The lowest BCUT2D eigenvalue weighted by atomic mass is 9.94. The molecule has 0 aromatic carbocycles. The zero-order chi connectivity index (χ0) is 9.42. The van der Waals surface area contributed by atoms with Crippen LogP contribution < -0.4 is 0 Å². The molecule has 13 heavy (non-hydrogen) atoms. The highest BCUT2D eigenvalue weighted by Crippen LogP contribution is 2.33. The van der Waals surface area contributed by atoms with Crippen molar-refractivity contribution in [1.82, 2.24) is 4.90 Å². The highest BCUT2D eigenvalue weighted by molar-refractivity contribution is 5.83. The van der Waals surface area contributed by atoms with Crippen LogP contribution in [0.15, 0.2) is 11.3 Å². The maximum atomic E-state index is 11.7. The van der Waals surface area contributed by atoms with E-state index in [9.17, 15) is 4.79 Å². The van der Waals surface area contributed by atoms with E-state index in [0.717, 1.165) is 30.7 Å². The molecule has 0 N–H and O–H groups in total. The number of hydrogen-bond acceptors (Lipinski definition) is 2. The zero-order valence-electron chi connectivity index (χ0n) is 7.71. The molecule has 0 aliphatic carbocycles. The summed E-state index contributed by atoms with van der Waals surface area (Å²) in [4.78, 5) is 13.4. The molecule has 68 valence electrons. The van der Waals surface area contributed by atoms with Gasteiger partial charge >= 0.3 is 0 Å². The van der Waals surface area contributed by atoms with E-state index < -0.39 is 0 Å². The topological polar surface area (TPSA) is 44.1 Å². The first-order valence-electron chi connectivity index (χ1n) is 4.67. The van der Waals surface area contributed by atoms with E-state index in [2.05, 4.69) is 6.07 Å². The minimum Gasteiger partial charge on any atom is -0.315 e. The van der Waals surface area contributed by atoms with Crippen LogP contribution in [0.3, 0.4) is 0 Å². The largest absolute Gasteiger partial charge is 0.315 e. The van der Waals surface area contributed by atoms with Crippen LogP contribution in [0, 0.1) is 17.2 Å². The Labute approximate surface area is 77.6 Å². The third kappa shape index (κ3) is 1.14. The van der Waals surface area contributed by atoms with Crippen molar-refractivity contribution in [1.29, 1.82) is 5.26 Å². The lowest BCUT2D eigenvalue weighted by Crippen LogP contribution is -2.35. The summed E-state index contributed by atoms with van der Waals surface area (Å²) in [5, 5.41) is 8.90. The number of nitriles is 1. The van der Waals surface area contributed by atoms with Crippen molar-refractivity contribution in [3.63, 3.8) is 0 Å². The van der Waals surface area contributed by atoms with Gasteiger partial charge in [0.05, 0.1) is 6.07 Å². The second kappa shape index (κ2) is 2.88. The molecule has 1 saturated heterocycles.